The van der Waals surface area contributed by atoms with E-state index >= 15 is 0 Å². The van der Waals surface area contributed by atoms with Gasteiger partial charge < -0.3 is 14.2 Å². The van der Waals surface area contributed by atoms with Gasteiger partial charge in [0.15, 0.2) is 0 Å². The van der Waals surface area contributed by atoms with Crippen LogP contribution in [0.15, 0.2) is 152 Å². The molecule has 0 atom stereocenters. The van der Waals surface area contributed by atoms with Gasteiger partial charge in [0.2, 0.25) is 0 Å². The Kier molecular flexibility index (Phi) is 12.2. The number of fused-ring (bicyclic) bond motifs is 1. The summed E-state index contributed by atoms with van der Waals surface area (Å²) in [6.07, 6.45) is 5.85. The first kappa shape index (κ1) is 39.5. The Hall–Kier alpha value is -5.23. The van der Waals surface area contributed by atoms with Gasteiger partial charge in [-0.05, 0) is 63.7 Å². The molecule has 0 spiro atoms. The van der Waals surface area contributed by atoms with E-state index in [0.717, 1.165) is 34.3 Å². The summed E-state index contributed by atoms with van der Waals surface area (Å²) < 4.78 is 2.22. The molecular formula is C48H48BIrN5-2. The fourth-order valence-electron chi connectivity index (χ4n) is 7.23. The van der Waals surface area contributed by atoms with Crippen molar-refractivity contribution in [2.24, 2.45) is 0 Å². The predicted molar refractivity (Wildman–Crippen MR) is 227 cm³/mol. The third kappa shape index (κ3) is 8.24. The zero-order chi connectivity index (χ0) is 37.8. The first-order chi connectivity index (χ1) is 26.1. The monoisotopic (exact) mass is 898 g/mol. The summed E-state index contributed by atoms with van der Waals surface area (Å²) in [6.45, 7) is 15.6. The first-order valence-electron chi connectivity index (χ1n) is 18.9. The van der Waals surface area contributed by atoms with Crippen molar-refractivity contribution in [3.05, 3.63) is 181 Å². The van der Waals surface area contributed by atoms with Crippen LogP contribution in [-0.4, -0.2) is 21.5 Å². The van der Waals surface area contributed by atoms with Gasteiger partial charge in [0, 0.05) is 50.1 Å². The van der Waals surface area contributed by atoms with Gasteiger partial charge in [0.25, 0.3) is 0 Å². The molecule has 0 bridgehead atoms. The second-order valence-electron chi connectivity index (χ2n) is 15.4. The van der Waals surface area contributed by atoms with Crippen LogP contribution in [0.25, 0.3) is 17.1 Å². The molecule has 0 amide bonds. The summed E-state index contributed by atoms with van der Waals surface area (Å²) >= 11 is 0. The summed E-state index contributed by atoms with van der Waals surface area (Å²) in [6, 6.07) is 53.2. The van der Waals surface area contributed by atoms with Crippen LogP contribution in [0, 0.1) is 12.1 Å². The molecule has 5 aromatic carbocycles. The van der Waals surface area contributed by atoms with E-state index in [2.05, 4.69) is 195 Å². The van der Waals surface area contributed by atoms with Crippen molar-refractivity contribution in [1.29, 1.82) is 0 Å². The van der Waals surface area contributed by atoms with E-state index in [1.54, 1.807) is 0 Å². The molecule has 0 saturated carbocycles. The van der Waals surface area contributed by atoms with Gasteiger partial charge >= 0.3 is 6.98 Å². The molecule has 2 aromatic heterocycles. The Morgan fingerprint density at radius 1 is 0.636 bits per heavy atom. The van der Waals surface area contributed by atoms with Crippen molar-refractivity contribution in [3.63, 3.8) is 0 Å². The Balaban J connectivity index is 0.000000192. The molecule has 5 nitrogen and oxygen atoms in total. The maximum Gasteiger partial charge on any atom is 0.408 e. The van der Waals surface area contributed by atoms with E-state index < -0.39 is 0 Å². The van der Waals surface area contributed by atoms with Crippen molar-refractivity contribution in [3.8, 4) is 17.1 Å². The van der Waals surface area contributed by atoms with E-state index in [4.69, 9.17) is 4.98 Å². The van der Waals surface area contributed by atoms with Crippen LogP contribution >= 0.6 is 0 Å². The number of rotatable bonds is 7. The van der Waals surface area contributed by atoms with Crippen LogP contribution in [0.5, 0.6) is 0 Å². The molecule has 0 unspecified atom stereocenters. The van der Waals surface area contributed by atoms with Gasteiger partial charge in [-0.15, -0.1) is 42.0 Å². The molecule has 7 aromatic rings. The van der Waals surface area contributed by atoms with E-state index in [1.807, 2.05) is 36.7 Å². The summed E-state index contributed by atoms with van der Waals surface area (Å²) in [5.74, 6) is 2.79. The van der Waals surface area contributed by atoms with Gasteiger partial charge in [0.1, 0.15) is 5.82 Å². The summed E-state index contributed by atoms with van der Waals surface area (Å²) in [7, 11) is 0. The van der Waals surface area contributed by atoms with E-state index in [1.165, 1.54) is 27.8 Å². The number of anilines is 4. The molecule has 0 aliphatic carbocycles. The van der Waals surface area contributed by atoms with E-state index in [-0.39, 0.29) is 32.5 Å². The van der Waals surface area contributed by atoms with E-state index in [0.29, 0.717) is 11.8 Å². The Labute approximate surface area is 341 Å². The van der Waals surface area contributed by atoms with Crippen LogP contribution in [0.2, 0.25) is 0 Å². The van der Waals surface area contributed by atoms with Crippen molar-refractivity contribution in [2.75, 3.05) is 9.62 Å². The molecule has 1 aliphatic heterocycles. The Bertz CT molecular complexity index is 2270. The number of hydrogen-bond donors (Lipinski definition) is 0. The molecule has 1 radical (unpaired) electrons. The first-order valence-corrected chi connectivity index (χ1v) is 18.9. The van der Waals surface area contributed by atoms with Crippen molar-refractivity contribution < 1.29 is 20.1 Å². The summed E-state index contributed by atoms with van der Waals surface area (Å²) in [5, 5.41) is 0. The van der Waals surface area contributed by atoms with Crippen LogP contribution in [-0.2, 0) is 25.5 Å². The Morgan fingerprint density at radius 2 is 1.29 bits per heavy atom. The standard InChI is InChI=1S/C27H25BN3.C21H23N2.Ir/c1-27(2,3)21-18-19-29-26(20-21)31-25-17-11-10-16-24(25)30(23-14-8-5-9-15-23)28(31)22-12-6-4-7-13-22;1-15(2)18-11-8-12-19(16(3)4)20(18)23-14-13-22-21(23)17-9-6-5-7-10-17;/h4-16,18-20H,1-3H3;5-9,11-16H,1-4H3;/q2*-1;. The van der Waals surface area contributed by atoms with Gasteiger partial charge in [-0.1, -0.05) is 127 Å². The average molecular weight is 898 g/mol. The third-order valence-electron chi connectivity index (χ3n) is 9.97. The molecule has 0 saturated heterocycles. The SMILES string of the molecule is CC(C)(C)c1ccnc(N2B(c3ccccc3)N(c3ccccc3)c3ccc[c-]c32)c1.CC(C)c1cccc(C(C)C)c1-n1ccnc1-c1[c-]cccc1.[Ir]. The molecule has 8 rings (SSSR count). The molecule has 3 heterocycles. The quantitative estimate of drug-likeness (QED) is 0.118. The maximum absolute atomic E-state index is 4.82. The maximum atomic E-state index is 4.82. The van der Waals surface area contributed by atoms with Crippen molar-refractivity contribution in [2.45, 2.75) is 65.7 Å². The van der Waals surface area contributed by atoms with Gasteiger partial charge in [-0.3, -0.25) is 4.98 Å². The van der Waals surface area contributed by atoms with Gasteiger partial charge in [-0.2, -0.15) is 18.2 Å². The number of nitrogens with zero attached hydrogens (tertiary/aromatic N) is 5. The molecule has 0 N–H and O–H groups in total. The fourth-order valence-corrected chi connectivity index (χ4v) is 7.23. The molecule has 7 heteroatoms. The molecule has 279 valence electrons. The average Bonchev–Trinajstić information content (AvgIpc) is 3.82. The van der Waals surface area contributed by atoms with Gasteiger partial charge in [-0.25, -0.2) is 4.98 Å². The molecular weight excluding hydrogens is 850 g/mol. The number of imidazole rings is 1. The van der Waals surface area contributed by atoms with Crippen LogP contribution in [0.3, 0.4) is 0 Å². The zero-order valence-electron chi connectivity index (χ0n) is 32.7. The minimum absolute atomic E-state index is 0. The minimum atomic E-state index is -0.0556. The van der Waals surface area contributed by atoms with Crippen molar-refractivity contribution in [1.82, 2.24) is 14.5 Å². The van der Waals surface area contributed by atoms with Crippen molar-refractivity contribution >= 4 is 35.3 Å². The number of pyridine rings is 1. The number of benzene rings is 5. The normalized spacial score (nSPS) is 12.3. The minimum Gasteiger partial charge on any atom is -0.415 e. The number of aromatic nitrogens is 3. The van der Waals surface area contributed by atoms with E-state index in [9.17, 15) is 0 Å². The second-order valence-corrected chi connectivity index (χ2v) is 15.4. The zero-order valence-corrected chi connectivity index (χ0v) is 35.1. The molecule has 0 fully saturated rings. The number of hydrogen-bond acceptors (Lipinski definition) is 4. The van der Waals surface area contributed by atoms with Gasteiger partial charge in [0.05, 0.1) is 5.82 Å². The summed E-state index contributed by atoms with van der Waals surface area (Å²) in [5.41, 5.74) is 10.8. The largest absolute Gasteiger partial charge is 0.415 e. The smallest absolute Gasteiger partial charge is 0.408 e. The number of para-hydroxylation sites is 3. The Morgan fingerprint density at radius 3 is 1.93 bits per heavy atom. The second kappa shape index (κ2) is 17.1. The topological polar surface area (TPSA) is 37.2 Å². The fraction of sp³-hybridized carbons (Fsp3) is 0.208. The van der Waals surface area contributed by atoms with Crippen LogP contribution in [0.1, 0.15) is 77.0 Å². The molecule has 55 heavy (non-hydrogen) atoms. The van der Waals surface area contributed by atoms with Crippen LogP contribution in [0.4, 0.5) is 22.9 Å². The summed E-state index contributed by atoms with van der Waals surface area (Å²) in [4.78, 5) is 14.1. The molecule has 1 aliphatic rings. The third-order valence-corrected chi connectivity index (χ3v) is 9.97. The predicted octanol–water partition coefficient (Wildman–Crippen LogP) is 11.4. The van der Waals surface area contributed by atoms with Crippen LogP contribution < -0.4 is 15.1 Å².